The number of carbonyl (C=O) groups excluding carboxylic acids is 1. The number of hydrogen-bond acceptors (Lipinski definition) is 2. The van der Waals surface area contributed by atoms with Crippen molar-refractivity contribution in [2.45, 2.75) is 6.42 Å². The van der Waals surface area contributed by atoms with Crippen LogP contribution in [0.5, 0.6) is 0 Å². The summed E-state index contributed by atoms with van der Waals surface area (Å²) in [5.41, 5.74) is 2.42. The Morgan fingerprint density at radius 2 is 1.57 bits per heavy atom. The maximum absolute atomic E-state index is 11.8. The number of nitrogens with one attached hydrogen (secondary N) is 1. The monoisotopic (exact) mass is 279 g/mol. The van der Waals surface area contributed by atoms with Crippen molar-refractivity contribution in [1.29, 1.82) is 0 Å². The van der Waals surface area contributed by atoms with E-state index in [9.17, 15) is 4.79 Å². The van der Waals surface area contributed by atoms with Crippen LogP contribution in [0.4, 0.5) is 0 Å². The SMILES string of the molecule is O=C(NCCCO)c1ccc(C#Cc2ccccc2)cc1. The lowest BCUT2D eigenvalue weighted by molar-refractivity contribution is 0.0951. The molecule has 106 valence electrons. The molecular formula is C18H17NO2. The quantitative estimate of drug-likeness (QED) is 0.666. The molecule has 0 aliphatic rings. The summed E-state index contributed by atoms with van der Waals surface area (Å²) >= 11 is 0. The number of aliphatic hydroxyl groups excluding tert-OH is 1. The van der Waals surface area contributed by atoms with Crippen molar-refractivity contribution in [3.05, 3.63) is 71.3 Å². The van der Waals surface area contributed by atoms with E-state index in [2.05, 4.69) is 17.2 Å². The fraction of sp³-hybridized carbons (Fsp3) is 0.167. The van der Waals surface area contributed by atoms with Crippen LogP contribution in [-0.4, -0.2) is 24.2 Å². The Morgan fingerprint density at radius 1 is 0.952 bits per heavy atom. The summed E-state index contributed by atoms with van der Waals surface area (Å²) in [5, 5.41) is 11.4. The third-order valence-corrected chi connectivity index (χ3v) is 2.89. The molecule has 1 amide bonds. The molecule has 0 saturated carbocycles. The third-order valence-electron chi connectivity index (χ3n) is 2.89. The molecule has 0 saturated heterocycles. The van der Waals surface area contributed by atoms with Gasteiger partial charge in [0.25, 0.3) is 5.91 Å². The van der Waals surface area contributed by atoms with Gasteiger partial charge in [0.1, 0.15) is 0 Å². The third kappa shape index (κ3) is 4.79. The second-order valence-electron chi connectivity index (χ2n) is 4.53. The van der Waals surface area contributed by atoms with E-state index in [1.165, 1.54) is 0 Å². The average molecular weight is 279 g/mol. The van der Waals surface area contributed by atoms with Crippen LogP contribution in [0, 0.1) is 11.8 Å². The lowest BCUT2D eigenvalue weighted by Crippen LogP contribution is -2.24. The molecule has 0 unspecified atom stereocenters. The Balaban J connectivity index is 1.99. The summed E-state index contributed by atoms with van der Waals surface area (Å²) in [6, 6.07) is 16.9. The molecule has 2 aromatic carbocycles. The minimum Gasteiger partial charge on any atom is -0.396 e. The minimum absolute atomic E-state index is 0.0777. The topological polar surface area (TPSA) is 49.3 Å². The molecule has 21 heavy (non-hydrogen) atoms. The molecule has 0 heterocycles. The first-order valence-electron chi connectivity index (χ1n) is 6.86. The van der Waals surface area contributed by atoms with E-state index in [0.29, 0.717) is 18.5 Å². The van der Waals surface area contributed by atoms with Gasteiger partial charge in [0.15, 0.2) is 0 Å². The Bertz CT molecular complexity index is 636. The number of carbonyl (C=O) groups is 1. The van der Waals surface area contributed by atoms with E-state index < -0.39 is 0 Å². The second kappa shape index (κ2) is 7.88. The van der Waals surface area contributed by atoms with Crippen molar-refractivity contribution in [1.82, 2.24) is 5.32 Å². The molecule has 0 bridgehead atoms. The van der Waals surface area contributed by atoms with E-state index in [0.717, 1.165) is 11.1 Å². The standard InChI is InChI=1S/C18H17NO2/c20-14-4-13-19-18(21)17-11-9-16(10-12-17)8-7-15-5-2-1-3-6-15/h1-3,5-6,9-12,20H,4,13-14H2,(H,19,21). The van der Waals surface area contributed by atoms with E-state index >= 15 is 0 Å². The van der Waals surface area contributed by atoms with Crippen LogP contribution in [0.15, 0.2) is 54.6 Å². The van der Waals surface area contributed by atoms with Gasteiger partial charge < -0.3 is 10.4 Å². The first-order valence-corrected chi connectivity index (χ1v) is 6.86. The van der Waals surface area contributed by atoms with Crippen LogP contribution in [-0.2, 0) is 0 Å². The summed E-state index contributed by atoms with van der Waals surface area (Å²) in [4.78, 5) is 11.8. The van der Waals surface area contributed by atoms with Gasteiger partial charge >= 0.3 is 0 Å². The zero-order valence-electron chi connectivity index (χ0n) is 11.7. The van der Waals surface area contributed by atoms with E-state index in [-0.39, 0.29) is 12.5 Å². The van der Waals surface area contributed by atoms with Gasteiger partial charge in [-0.2, -0.15) is 0 Å². The fourth-order valence-electron chi connectivity index (χ4n) is 1.75. The molecule has 3 heteroatoms. The van der Waals surface area contributed by atoms with Crippen LogP contribution in [0.3, 0.4) is 0 Å². The number of rotatable bonds is 4. The van der Waals surface area contributed by atoms with E-state index in [1.807, 2.05) is 42.5 Å². The maximum atomic E-state index is 11.8. The lowest BCUT2D eigenvalue weighted by Gasteiger charge is -2.03. The molecule has 3 nitrogen and oxygen atoms in total. The van der Waals surface area contributed by atoms with Crippen LogP contribution in [0.1, 0.15) is 27.9 Å². The Hall–Kier alpha value is -2.57. The zero-order chi connectivity index (χ0) is 14.9. The first-order chi connectivity index (χ1) is 10.3. The van der Waals surface area contributed by atoms with Crippen molar-refractivity contribution < 1.29 is 9.90 Å². The van der Waals surface area contributed by atoms with Gasteiger partial charge in [-0.25, -0.2) is 0 Å². The Morgan fingerprint density at radius 3 is 2.19 bits per heavy atom. The highest BCUT2D eigenvalue weighted by molar-refractivity contribution is 5.94. The highest BCUT2D eigenvalue weighted by atomic mass is 16.3. The molecule has 0 aliphatic carbocycles. The van der Waals surface area contributed by atoms with Crippen molar-refractivity contribution in [3.63, 3.8) is 0 Å². The highest BCUT2D eigenvalue weighted by Crippen LogP contribution is 2.04. The largest absolute Gasteiger partial charge is 0.396 e. The maximum Gasteiger partial charge on any atom is 0.251 e. The zero-order valence-corrected chi connectivity index (χ0v) is 11.7. The van der Waals surface area contributed by atoms with E-state index in [4.69, 9.17) is 5.11 Å². The summed E-state index contributed by atoms with van der Waals surface area (Å²) < 4.78 is 0. The van der Waals surface area contributed by atoms with Crippen molar-refractivity contribution in [2.24, 2.45) is 0 Å². The van der Waals surface area contributed by atoms with Crippen LogP contribution >= 0.6 is 0 Å². The van der Waals surface area contributed by atoms with Crippen LogP contribution < -0.4 is 5.32 Å². The normalized spacial score (nSPS) is 9.57. The van der Waals surface area contributed by atoms with Crippen LogP contribution in [0.2, 0.25) is 0 Å². The number of hydrogen-bond donors (Lipinski definition) is 2. The van der Waals surface area contributed by atoms with Gasteiger partial charge in [-0.1, -0.05) is 30.0 Å². The molecule has 0 aromatic heterocycles. The van der Waals surface area contributed by atoms with Gasteiger partial charge in [0, 0.05) is 29.8 Å². The fourth-order valence-corrected chi connectivity index (χ4v) is 1.75. The van der Waals surface area contributed by atoms with Crippen molar-refractivity contribution >= 4 is 5.91 Å². The van der Waals surface area contributed by atoms with Crippen molar-refractivity contribution in [3.8, 4) is 11.8 Å². The highest BCUT2D eigenvalue weighted by Gasteiger charge is 2.03. The van der Waals surface area contributed by atoms with Crippen molar-refractivity contribution in [2.75, 3.05) is 13.2 Å². The Labute approximate surface area is 124 Å². The molecule has 2 rings (SSSR count). The molecule has 0 spiro atoms. The first kappa shape index (κ1) is 14.8. The summed E-state index contributed by atoms with van der Waals surface area (Å²) in [5.74, 6) is 6.00. The molecule has 0 radical (unpaired) electrons. The minimum atomic E-state index is -0.133. The predicted molar refractivity (Wildman–Crippen MR) is 82.9 cm³/mol. The molecular weight excluding hydrogens is 262 g/mol. The number of benzene rings is 2. The summed E-state index contributed by atoms with van der Waals surface area (Å²) in [7, 11) is 0. The lowest BCUT2D eigenvalue weighted by atomic mass is 10.1. The molecule has 2 N–H and O–H groups in total. The molecule has 2 aromatic rings. The average Bonchev–Trinajstić information content (AvgIpc) is 2.54. The Kier molecular flexibility index (Phi) is 5.57. The number of aliphatic hydroxyl groups is 1. The van der Waals surface area contributed by atoms with Crippen LogP contribution in [0.25, 0.3) is 0 Å². The van der Waals surface area contributed by atoms with E-state index in [1.54, 1.807) is 12.1 Å². The second-order valence-corrected chi connectivity index (χ2v) is 4.53. The number of amides is 1. The molecule has 0 aliphatic heterocycles. The van der Waals surface area contributed by atoms with Gasteiger partial charge in [-0.3, -0.25) is 4.79 Å². The van der Waals surface area contributed by atoms with Gasteiger partial charge in [-0.15, -0.1) is 0 Å². The summed E-state index contributed by atoms with van der Waals surface area (Å²) in [6.07, 6.45) is 0.562. The van der Waals surface area contributed by atoms with Gasteiger partial charge in [0.05, 0.1) is 0 Å². The molecule has 0 atom stereocenters. The smallest absolute Gasteiger partial charge is 0.251 e. The van der Waals surface area contributed by atoms with Gasteiger partial charge in [-0.05, 0) is 42.8 Å². The van der Waals surface area contributed by atoms with Gasteiger partial charge in [0.2, 0.25) is 0 Å². The summed E-state index contributed by atoms with van der Waals surface area (Å²) in [6.45, 7) is 0.555. The molecule has 0 fully saturated rings. The predicted octanol–water partition coefficient (Wildman–Crippen LogP) is 2.20.